The van der Waals surface area contributed by atoms with Gasteiger partial charge in [-0.05, 0) is 32.2 Å². The van der Waals surface area contributed by atoms with Crippen LogP contribution >= 0.6 is 11.3 Å². The molecule has 142 valence electrons. The molecule has 0 saturated carbocycles. The Morgan fingerprint density at radius 2 is 2.15 bits per heavy atom. The molecule has 2 aromatic heterocycles. The van der Waals surface area contributed by atoms with Crippen LogP contribution in [-0.4, -0.2) is 28.9 Å². The summed E-state index contributed by atoms with van der Waals surface area (Å²) < 4.78 is 9.83. The number of methoxy groups -OCH3 is 1. The second-order valence-electron chi connectivity index (χ2n) is 4.57. The molecule has 26 heavy (non-hydrogen) atoms. The molecule has 0 saturated heterocycles. The Morgan fingerprint density at radius 1 is 1.46 bits per heavy atom. The van der Waals surface area contributed by atoms with Gasteiger partial charge in [-0.1, -0.05) is 25.2 Å². The van der Waals surface area contributed by atoms with Gasteiger partial charge in [-0.15, -0.1) is 10.2 Å². The largest absolute Gasteiger partial charge is 0.490 e. The zero-order valence-electron chi connectivity index (χ0n) is 15.2. The fraction of sp³-hybridized carbons (Fsp3) is 0.312. The van der Waals surface area contributed by atoms with E-state index in [9.17, 15) is 9.59 Å². The highest BCUT2D eigenvalue weighted by Crippen LogP contribution is 2.23. The number of carbonyl (C=O) groups is 1. The van der Waals surface area contributed by atoms with Gasteiger partial charge < -0.3 is 14.9 Å². The number of aromatic nitrogens is 2. The van der Waals surface area contributed by atoms with Crippen molar-refractivity contribution in [1.29, 1.82) is 0 Å². The number of anilines is 1. The predicted octanol–water partition coefficient (Wildman–Crippen LogP) is 2.90. The summed E-state index contributed by atoms with van der Waals surface area (Å²) in [5, 5.41) is 10.7. The summed E-state index contributed by atoms with van der Waals surface area (Å²) >= 11 is 1.07. The van der Waals surface area contributed by atoms with Crippen molar-refractivity contribution in [3.63, 3.8) is 0 Å². The molecule has 1 amide bonds. The Morgan fingerprint density at radius 3 is 2.73 bits per heavy atom. The third-order valence-electron chi connectivity index (χ3n) is 2.77. The molecule has 0 aromatic carbocycles. The van der Waals surface area contributed by atoms with E-state index in [1.165, 1.54) is 19.4 Å². The van der Waals surface area contributed by atoms with Crippen LogP contribution in [0.15, 0.2) is 32.5 Å². The molecule has 0 aliphatic rings. The summed E-state index contributed by atoms with van der Waals surface area (Å²) in [5.41, 5.74) is 5.67. The second kappa shape index (κ2) is 10.1. The van der Waals surface area contributed by atoms with Gasteiger partial charge >= 0.3 is 5.63 Å². The van der Waals surface area contributed by atoms with E-state index in [1.54, 1.807) is 19.9 Å². The van der Waals surface area contributed by atoms with E-state index >= 15 is 0 Å². The number of aryl methyl sites for hydroxylation is 1. The van der Waals surface area contributed by atoms with Crippen LogP contribution in [0.1, 0.15) is 38.3 Å². The third-order valence-corrected chi connectivity index (χ3v) is 3.50. The van der Waals surface area contributed by atoms with Crippen molar-refractivity contribution in [1.82, 2.24) is 10.2 Å². The fourth-order valence-corrected chi connectivity index (χ4v) is 2.42. The molecule has 0 bridgehead atoms. The molecular formula is C16H23N5O4S. The number of ether oxygens (including phenoxy) is 1. The fourth-order valence-electron chi connectivity index (χ4n) is 1.75. The molecule has 10 heteroatoms. The molecule has 0 aliphatic heterocycles. The Hall–Kier alpha value is -3.01. The highest BCUT2D eigenvalue weighted by Gasteiger charge is 2.16. The van der Waals surface area contributed by atoms with Gasteiger partial charge in [-0.2, -0.15) is 0 Å². The van der Waals surface area contributed by atoms with Gasteiger partial charge in [0.25, 0.3) is 5.91 Å². The Bertz CT molecular complexity index is 876. The van der Waals surface area contributed by atoms with Crippen LogP contribution in [0, 0.1) is 6.92 Å². The lowest BCUT2D eigenvalue weighted by molar-refractivity contribution is 0.0991. The predicted molar refractivity (Wildman–Crippen MR) is 104 cm³/mol. The SMILES string of the molecule is CC.COc1c(C)cc(C(=O)Nc2nnc(/N=C(C)/C=C\N)s2)oc1=O.[HH]. The highest BCUT2D eigenvalue weighted by molar-refractivity contribution is 7.18. The minimum Gasteiger partial charge on any atom is -0.490 e. The van der Waals surface area contributed by atoms with Crippen molar-refractivity contribution < 1.29 is 15.4 Å². The number of aliphatic imine (C=N–C) groups is 1. The number of rotatable bonds is 5. The first-order valence-electron chi connectivity index (χ1n) is 7.71. The van der Waals surface area contributed by atoms with Crippen LogP contribution in [0.25, 0.3) is 0 Å². The van der Waals surface area contributed by atoms with Gasteiger partial charge in [0, 0.05) is 12.7 Å². The number of allylic oxidation sites excluding steroid dienone is 1. The van der Waals surface area contributed by atoms with Crippen LogP contribution in [0.3, 0.4) is 0 Å². The van der Waals surface area contributed by atoms with E-state index in [2.05, 4.69) is 20.5 Å². The zero-order valence-corrected chi connectivity index (χ0v) is 16.0. The summed E-state index contributed by atoms with van der Waals surface area (Å²) in [7, 11) is 1.35. The van der Waals surface area contributed by atoms with Crippen molar-refractivity contribution in [3.05, 3.63) is 40.1 Å². The normalized spacial score (nSPS) is 11.0. The topological polar surface area (TPSA) is 133 Å². The molecule has 2 heterocycles. The number of hydrogen-bond acceptors (Lipinski definition) is 9. The first-order valence-corrected chi connectivity index (χ1v) is 8.53. The van der Waals surface area contributed by atoms with E-state index in [-0.39, 0.29) is 18.1 Å². The molecule has 0 fully saturated rings. The maximum atomic E-state index is 12.1. The molecule has 0 radical (unpaired) electrons. The first kappa shape index (κ1) is 21.0. The van der Waals surface area contributed by atoms with E-state index in [1.807, 2.05) is 13.8 Å². The van der Waals surface area contributed by atoms with Crippen LogP contribution in [0.2, 0.25) is 0 Å². The highest BCUT2D eigenvalue weighted by atomic mass is 32.1. The number of nitrogens with one attached hydrogen (secondary N) is 1. The number of nitrogens with zero attached hydrogens (tertiary/aromatic N) is 3. The lowest BCUT2D eigenvalue weighted by Crippen LogP contribution is -2.16. The third kappa shape index (κ3) is 5.52. The number of carbonyl (C=O) groups excluding carboxylic acids is 1. The number of hydrogen-bond donors (Lipinski definition) is 2. The molecule has 0 atom stereocenters. The van der Waals surface area contributed by atoms with Crippen LogP contribution in [0.5, 0.6) is 5.75 Å². The smallest absolute Gasteiger partial charge is 0.379 e. The van der Waals surface area contributed by atoms with Gasteiger partial charge in [-0.25, -0.2) is 9.79 Å². The zero-order chi connectivity index (χ0) is 19.7. The summed E-state index contributed by atoms with van der Waals surface area (Å²) in [6.07, 6.45) is 2.96. The van der Waals surface area contributed by atoms with Gasteiger partial charge in [-0.3, -0.25) is 10.1 Å². The average Bonchev–Trinajstić information content (AvgIpc) is 3.03. The summed E-state index contributed by atoms with van der Waals surface area (Å²) in [5.74, 6) is -0.716. The Labute approximate surface area is 156 Å². The van der Waals surface area contributed by atoms with Gasteiger partial charge in [0.05, 0.1) is 7.11 Å². The first-order chi connectivity index (χ1) is 12.4. The summed E-state index contributed by atoms with van der Waals surface area (Å²) in [6.45, 7) is 7.38. The van der Waals surface area contributed by atoms with E-state index in [4.69, 9.17) is 14.9 Å². The minimum absolute atomic E-state index is 0. The van der Waals surface area contributed by atoms with E-state index in [0.29, 0.717) is 16.4 Å². The molecule has 0 unspecified atom stereocenters. The van der Waals surface area contributed by atoms with Crippen molar-refractivity contribution >= 4 is 33.2 Å². The molecule has 2 aromatic rings. The van der Waals surface area contributed by atoms with Gasteiger partial charge in [0.15, 0.2) is 5.76 Å². The van der Waals surface area contributed by atoms with Crippen molar-refractivity contribution in [2.45, 2.75) is 27.7 Å². The maximum Gasteiger partial charge on any atom is 0.379 e. The van der Waals surface area contributed by atoms with Gasteiger partial charge in [0.2, 0.25) is 16.0 Å². The van der Waals surface area contributed by atoms with Crippen molar-refractivity contribution in [2.75, 3.05) is 12.4 Å². The average molecular weight is 381 g/mol. The Kier molecular flexibility index (Phi) is 8.16. The van der Waals surface area contributed by atoms with Crippen molar-refractivity contribution in [3.8, 4) is 5.75 Å². The minimum atomic E-state index is -0.727. The molecule has 0 aliphatic carbocycles. The van der Waals surface area contributed by atoms with Crippen LogP contribution < -0.4 is 21.4 Å². The van der Waals surface area contributed by atoms with Gasteiger partial charge in [0.1, 0.15) is 0 Å². The number of nitrogens with two attached hydrogens (primary N) is 1. The quantitative estimate of drug-likeness (QED) is 0.761. The van der Waals surface area contributed by atoms with Crippen molar-refractivity contribution in [2.24, 2.45) is 10.7 Å². The van der Waals surface area contributed by atoms with Crippen LogP contribution in [-0.2, 0) is 0 Å². The van der Waals surface area contributed by atoms with E-state index < -0.39 is 11.5 Å². The maximum absolute atomic E-state index is 12.1. The standard InChI is InChI=1S/C14H15N5O4S.C2H6.H2/c1-7-6-9(23-12(21)10(7)22-3)11(20)17-14-19-18-13(24-14)16-8(2)4-5-15;1-2;/h4-6H,15H2,1-3H3,(H,17,19,20);1-2H3;1H/b5-4-,16-8+;;. The van der Waals surface area contributed by atoms with Crippen LogP contribution in [0.4, 0.5) is 10.3 Å². The lowest BCUT2D eigenvalue weighted by atomic mass is 10.2. The van der Waals surface area contributed by atoms with E-state index in [0.717, 1.165) is 11.3 Å². The summed E-state index contributed by atoms with van der Waals surface area (Å²) in [6, 6.07) is 1.41. The lowest BCUT2D eigenvalue weighted by Gasteiger charge is -2.04. The number of amides is 1. The molecular weight excluding hydrogens is 358 g/mol. The molecule has 9 nitrogen and oxygen atoms in total. The molecule has 0 spiro atoms. The Balaban J connectivity index is 0.00000218. The monoisotopic (exact) mass is 381 g/mol. The second-order valence-corrected chi connectivity index (χ2v) is 5.53. The molecule has 3 N–H and O–H groups in total. The molecule has 2 rings (SSSR count). The summed E-state index contributed by atoms with van der Waals surface area (Å²) in [4.78, 5) is 28.0.